The topological polar surface area (TPSA) is 111 Å². The first-order valence-corrected chi connectivity index (χ1v) is 8.32. The standard InChI is InChI=1S/C15H24N6O.CH2O2/c1-10-18-13-12(4-5-16-15(13)22)14(19-10)17-8-11-9-20(2)6-7-21(11)3;2-1-3/h11H,4-9H2,1-3H3,(H,16,22)(H,17,18,19);1H,(H,2,3). The van der Waals surface area contributed by atoms with Gasteiger partial charge >= 0.3 is 0 Å². The fourth-order valence-corrected chi connectivity index (χ4v) is 3.09. The number of aromatic nitrogens is 2. The van der Waals surface area contributed by atoms with Gasteiger partial charge in [-0.25, -0.2) is 9.97 Å². The van der Waals surface area contributed by atoms with Crippen molar-refractivity contribution >= 4 is 18.2 Å². The minimum absolute atomic E-state index is 0.0932. The van der Waals surface area contributed by atoms with Gasteiger partial charge in [0.05, 0.1) is 0 Å². The molecule has 1 atom stereocenters. The zero-order chi connectivity index (χ0) is 18.4. The van der Waals surface area contributed by atoms with Crippen LogP contribution in [0.2, 0.25) is 0 Å². The lowest BCUT2D eigenvalue weighted by atomic mass is 10.1. The van der Waals surface area contributed by atoms with Gasteiger partial charge in [-0.3, -0.25) is 14.5 Å². The quantitative estimate of drug-likeness (QED) is 0.622. The van der Waals surface area contributed by atoms with Crippen molar-refractivity contribution in [3.05, 3.63) is 17.1 Å². The zero-order valence-corrected chi connectivity index (χ0v) is 14.9. The van der Waals surface area contributed by atoms with Crippen LogP contribution in [0.1, 0.15) is 21.9 Å². The average molecular weight is 350 g/mol. The number of piperazine rings is 1. The lowest BCUT2D eigenvalue weighted by Crippen LogP contribution is -2.52. The number of nitrogens with zero attached hydrogens (tertiary/aromatic N) is 4. The number of carbonyl (C=O) groups is 2. The van der Waals surface area contributed by atoms with Crippen LogP contribution in [0.4, 0.5) is 5.82 Å². The number of amides is 1. The monoisotopic (exact) mass is 350 g/mol. The molecule has 0 radical (unpaired) electrons. The minimum atomic E-state index is -0.250. The normalized spacial score (nSPS) is 20.8. The summed E-state index contributed by atoms with van der Waals surface area (Å²) in [6.07, 6.45) is 0.782. The Bertz CT molecular complexity index is 624. The Morgan fingerprint density at radius 2 is 2.08 bits per heavy atom. The van der Waals surface area contributed by atoms with E-state index >= 15 is 0 Å². The van der Waals surface area contributed by atoms with Crippen LogP contribution in [-0.2, 0) is 11.2 Å². The molecular weight excluding hydrogens is 324 g/mol. The van der Waals surface area contributed by atoms with Crippen LogP contribution in [0.3, 0.4) is 0 Å². The maximum atomic E-state index is 11.9. The molecule has 25 heavy (non-hydrogen) atoms. The summed E-state index contributed by atoms with van der Waals surface area (Å²) in [7, 11) is 4.31. The Morgan fingerprint density at radius 3 is 2.80 bits per heavy atom. The lowest BCUT2D eigenvalue weighted by Gasteiger charge is -2.38. The molecule has 1 saturated heterocycles. The largest absolute Gasteiger partial charge is 0.483 e. The molecule has 1 fully saturated rings. The molecule has 1 aromatic heterocycles. The fraction of sp³-hybridized carbons (Fsp3) is 0.625. The highest BCUT2D eigenvalue weighted by molar-refractivity contribution is 5.95. The van der Waals surface area contributed by atoms with Crippen LogP contribution in [-0.4, -0.2) is 90.1 Å². The van der Waals surface area contributed by atoms with Gasteiger partial charge in [0.25, 0.3) is 12.4 Å². The van der Waals surface area contributed by atoms with Crippen LogP contribution in [0.15, 0.2) is 0 Å². The van der Waals surface area contributed by atoms with E-state index in [9.17, 15) is 4.79 Å². The average Bonchev–Trinajstić information content (AvgIpc) is 2.57. The van der Waals surface area contributed by atoms with Crippen LogP contribution >= 0.6 is 0 Å². The van der Waals surface area contributed by atoms with Gasteiger partial charge in [0.1, 0.15) is 17.3 Å². The highest BCUT2D eigenvalue weighted by Crippen LogP contribution is 2.20. The molecule has 0 bridgehead atoms. The molecule has 1 amide bonds. The van der Waals surface area contributed by atoms with Gasteiger partial charge in [0.2, 0.25) is 0 Å². The molecule has 9 nitrogen and oxygen atoms in total. The predicted octanol–water partition coefficient (Wildman–Crippen LogP) is -0.571. The molecule has 0 aliphatic carbocycles. The first kappa shape index (κ1) is 19.1. The summed E-state index contributed by atoms with van der Waals surface area (Å²) in [4.78, 5) is 33.8. The molecule has 0 aromatic carbocycles. The Kier molecular flexibility index (Phi) is 6.65. The van der Waals surface area contributed by atoms with E-state index in [1.165, 1.54) is 0 Å². The fourth-order valence-electron chi connectivity index (χ4n) is 3.09. The molecule has 2 aliphatic rings. The van der Waals surface area contributed by atoms with Crippen molar-refractivity contribution in [2.24, 2.45) is 0 Å². The lowest BCUT2D eigenvalue weighted by molar-refractivity contribution is -0.122. The van der Waals surface area contributed by atoms with Gasteiger partial charge in [-0.1, -0.05) is 0 Å². The van der Waals surface area contributed by atoms with E-state index in [2.05, 4.69) is 44.5 Å². The second-order valence-corrected chi connectivity index (χ2v) is 6.34. The van der Waals surface area contributed by atoms with Crippen molar-refractivity contribution in [1.82, 2.24) is 25.1 Å². The third-order valence-corrected chi connectivity index (χ3v) is 4.48. The van der Waals surface area contributed by atoms with Crippen molar-refractivity contribution in [3.63, 3.8) is 0 Å². The Labute approximate surface area is 147 Å². The maximum Gasteiger partial charge on any atom is 0.290 e. The molecule has 3 N–H and O–H groups in total. The molecule has 0 spiro atoms. The molecule has 2 aliphatic heterocycles. The van der Waals surface area contributed by atoms with Gasteiger partial charge in [0.15, 0.2) is 0 Å². The van der Waals surface area contributed by atoms with E-state index in [1.807, 2.05) is 6.92 Å². The maximum absolute atomic E-state index is 11.9. The smallest absolute Gasteiger partial charge is 0.290 e. The van der Waals surface area contributed by atoms with Crippen molar-refractivity contribution < 1.29 is 14.7 Å². The Balaban J connectivity index is 0.000000701. The van der Waals surface area contributed by atoms with E-state index in [-0.39, 0.29) is 12.4 Å². The first-order chi connectivity index (χ1) is 12.0. The Hall–Kier alpha value is -2.26. The summed E-state index contributed by atoms with van der Waals surface area (Å²) in [6, 6.07) is 0.446. The summed E-state index contributed by atoms with van der Waals surface area (Å²) >= 11 is 0. The summed E-state index contributed by atoms with van der Waals surface area (Å²) in [6.45, 7) is 6.27. The molecule has 138 valence electrons. The third kappa shape index (κ3) is 4.86. The van der Waals surface area contributed by atoms with E-state index < -0.39 is 0 Å². The molecule has 1 aromatic rings. The molecule has 3 rings (SSSR count). The van der Waals surface area contributed by atoms with Gasteiger partial charge < -0.3 is 20.6 Å². The minimum Gasteiger partial charge on any atom is -0.483 e. The number of anilines is 1. The number of likely N-dealkylation sites (N-methyl/N-ethyl adjacent to an activating group) is 2. The van der Waals surface area contributed by atoms with Crippen molar-refractivity contribution in [2.75, 3.05) is 52.1 Å². The Morgan fingerprint density at radius 1 is 1.36 bits per heavy atom. The zero-order valence-electron chi connectivity index (χ0n) is 14.9. The summed E-state index contributed by atoms with van der Waals surface area (Å²) in [5, 5.41) is 13.2. The molecular formula is C16H26N6O3. The highest BCUT2D eigenvalue weighted by Gasteiger charge is 2.25. The van der Waals surface area contributed by atoms with Gasteiger partial charge in [-0.15, -0.1) is 0 Å². The van der Waals surface area contributed by atoms with Crippen LogP contribution in [0.25, 0.3) is 0 Å². The van der Waals surface area contributed by atoms with Crippen LogP contribution in [0.5, 0.6) is 0 Å². The van der Waals surface area contributed by atoms with Crippen molar-refractivity contribution in [2.45, 2.75) is 19.4 Å². The van der Waals surface area contributed by atoms with Crippen molar-refractivity contribution in [3.8, 4) is 0 Å². The molecule has 0 saturated carbocycles. The number of nitrogens with one attached hydrogen (secondary N) is 2. The molecule has 3 heterocycles. The summed E-state index contributed by atoms with van der Waals surface area (Å²) in [5.74, 6) is 1.36. The molecule has 1 unspecified atom stereocenters. The number of carboxylic acid groups (broad SMARTS) is 1. The SMILES string of the molecule is Cc1nc(NCC2CN(C)CCN2C)c2c(n1)C(=O)NCC2.O=CO. The van der Waals surface area contributed by atoms with E-state index in [0.717, 1.165) is 44.0 Å². The first-order valence-electron chi connectivity index (χ1n) is 8.32. The summed E-state index contributed by atoms with van der Waals surface area (Å²) in [5.41, 5.74) is 1.47. The van der Waals surface area contributed by atoms with Crippen LogP contribution < -0.4 is 10.6 Å². The summed E-state index contributed by atoms with van der Waals surface area (Å²) < 4.78 is 0. The number of fused-ring (bicyclic) bond motifs is 1. The highest BCUT2D eigenvalue weighted by atomic mass is 16.3. The predicted molar refractivity (Wildman–Crippen MR) is 93.9 cm³/mol. The third-order valence-electron chi connectivity index (χ3n) is 4.48. The van der Waals surface area contributed by atoms with Crippen LogP contribution in [0, 0.1) is 6.92 Å². The number of carbonyl (C=O) groups excluding carboxylic acids is 1. The second-order valence-electron chi connectivity index (χ2n) is 6.34. The number of hydrogen-bond donors (Lipinski definition) is 3. The second kappa shape index (κ2) is 8.72. The van der Waals surface area contributed by atoms with Gasteiger partial charge in [-0.05, 0) is 27.4 Å². The molecule has 9 heteroatoms. The van der Waals surface area contributed by atoms with E-state index in [0.29, 0.717) is 24.1 Å². The number of hydrogen-bond acceptors (Lipinski definition) is 7. The van der Waals surface area contributed by atoms with Gasteiger partial charge in [-0.2, -0.15) is 0 Å². The van der Waals surface area contributed by atoms with Crippen molar-refractivity contribution in [1.29, 1.82) is 0 Å². The number of rotatable bonds is 3. The number of aryl methyl sites for hydroxylation is 1. The van der Waals surface area contributed by atoms with E-state index in [4.69, 9.17) is 9.90 Å². The van der Waals surface area contributed by atoms with Gasteiger partial charge in [0, 0.05) is 44.3 Å². The van der Waals surface area contributed by atoms with E-state index in [1.54, 1.807) is 0 Å².